The molecule has 0 saturated heterocycles. The Morgan fingerprint density at radius 3 is 2.56 bits per heavy atom. The number of rotatable bonds is 4. The van der Waals surface area contributed by atoms with Gasteiger partial charge in [-0.3, -0.25) is 4.79 Å². The molecule has 0 spiro atoms. The minimum absolute atomic E-state index is 0.00716. The highest BCUT2D eigenvalue weighted by molar-refractivity contribution is 7.10. The number of benzene rings is 1. The Bertz CT molecular complexity index is 496. The van der Waals surface area contributed by atoms with E-state index in [4.69, 9.17) is 5.73 Å². The minimum Gasteiger partial charge on any atom is -0.347 e. The third kappa shape index (κ3) is 2.97. The molecule has 2 aromatic rings. The summed E-state index contributed by atoms with van der Waals surface area (Å²) in [5, 5.41) is 4.92. The first-order chi connectivity index (χ1) is 8.68. The van der Waals surface area contributed by atoms with Crippen LogP contribution in [0.5, 0.6) is 0 Å². The maximum absolute atomic E-state index is 12.0. The number of hydrogen-bond donors (Lipinski definition) is 2. The molecule has 4 heteroatoms. The highest BCUT2D eigenvalue weighted by atomic mass is 32.1. The summed E-state index contributed by atoms with van der Waals surface area (Å²) >= 11 is 1.62. The van der Waals surface area contributed by atoms with E-state index in [1.165, 1.54) is 0 Å². The van der Waals surface area contributed by atoms with Crippen molar-refractivity contribution in [1.82, 2.24) is 5.32 Å². The van der Waals surface area contributed by atoms with E-state index in [0.717, 1.165) is 10.4 Å². The van der Waals surface area contributed by atoms with Crippen molar-refractivity contribution >= 4 is 17.2 Å². The molecule has 0 bridgehead atoms. The van der Waals surface area contributed by atoms with Crippen LogP contribution < -0.4 is 11.1 Å². The first-order valence-corrected chi connectivity index (χ1v) is 6.71. The van der Waals surface area contributed by atoms with Crippen LogP contribution in [-0.4, -0.2) is 5.91 Å². The zero-order chi connectivity index (χ0) is 13.0. The molecule has 0 saturated carbocycles. The van der Waals surface area contributed by atoms with Crippen LogP contribution in [0.15, 0.2) is 47.8 Å². The van der Waals surface area contributed by atoms with Crippen LogP contribution in [0.1, 0.15) is 29.4 Å². The number of hydrogen-bond acceptors (Lipinski definition) is 3. The van der Waals surface area contributed by atoms with E-state index in [9.17, 15) is 4.79 Å². The van der Waals surface area contributed by atoms with Crippen LogP contribution >= 0.6 is 11.3 Å². The molecule has 0 aliphatic carbocycles. The van der Waals surface area contributed by atoms with Gasteiger partial charge in [0.2, 0.25) is 5.91 Å². The molecule has 2 rings (SSSR count). The third-order valence-corrected chi connectivity index (χ3v) is 3.82. The lowest BCUT2D eigenvalue weighted by Crippen LogP contribution is -2.35. The summed E-state index contributed by atoms with van der Waals surface area (Å²) in [6.07, 6.45) is 0. The van der Waals surface area contributed by atoms with Crippen molar-refractivity contribution in [2.75, 3.05) is 0 Å². The van der Waals surface area contributed by atoms with Crippen LogP contribution in [0.2, 0.25) is 0 Å². The molecular weight excluding hydrogens is 244 g/mol. The Morgan fingerprint density at radius 2 is 1.94 bits per heavy atom. The summed E-state index contributed by atoms with van der Waals surface area (Å²) < 4.78 is 0. The van der Waals surface area contributed by atoms with Gasteiger partial charge in [0, 0.05) is 4.88 Å². The molecule has 18 heavy (non-hydrogen) atoms. The number of carbonyl (C=O) groups excluding carboxylic acids is 1. The summed E-state index contributed by atoms with van der Waals surface area (Å²) in [5.41, 5.74) is 6.76. The topological polar surface area (TPSA) is 55.1 Å². The Balaban J connectivity index is 2.00. The lowest BCUT2D eigenvalue weighted by molar-refractivity contribution is -0.123. The molecule has 3 nitrogen and oxygen atoms in total. The van der Waals surface area contributed by atoms with E-state index in [0.29, 0.717) is 0 Å². The van der Waals surface area contributed by atoms with Crippen LogP contribution in [0.4, 0.5) is 0 Å². The second kappa shape index (κ2) is 5.80. The van der Waals surface area contributed by atoms with E-state index in [1.807, 2.05) is 54.8 Å². The number of thiophene rings is 1. The monoisotopic (exact) mass is 260 g/mol. The molecule has 2 atom stereocenters. The fourth-order valence-electron chi connectivity index (χ4n) is 1.72. The maximum atomic E-state index is 12.0. The molecule has 1 unspecified atom stereocenters. The summed E-state index contributed by atoms with van der Waals surface area (Å²) in [5.74, 6) is -0.151. The molecular formula is C14H16N2OS. The van der Waals surface area contributed by atoms with Gasteiger partial charge in [-0.05, 0) is 23.9 Å². The van der Waals surface area contributed by atoms with E-state index < -0.39 is 6.04 Å². The van der Waals surface area contributed by atoms with Crippen LogP contribution in [0, 0.1) is 0 Å². The summed E-state index contributed by atoms with van der Waals surface area (Å²) in [6.45, 7) is 1.96. The quantitative estimate of drug-likeness (QED) is 0.888. The third-order valence-electron chi connectivity index (χ3n) is 2.77. The normalized spacial score (nSPS) is 13.9. The zero-order valence-electron chi connectivity index (χ0n) is 10.2. The fourth-order valence-corrected chi connectivity index (χ4v) is 2.46. The average molecular weight is 260 g/mol. The van der Waals surface area contributed by atoms with Crippen LogP contribution in [-0.2, 0) is 4.79 Å². The summed E-state index contributed by atoms with van der Waals surface area (Å²) in [6, 6.07) is 12.7. The Labute approximate surface area is 111 Å². The smallest absolute Gasteiger partial charge is 0.242 e. The zero-order valence-corrected chi connectivity index (χ0v) is 11.0. The fraction of sp³-hybridized carbons (Fsp3) is 0.214. The van der Waals surface area contributed by atoms with Gasteiger partial charge in [0.1, 0.15) is 6.04 Å². The predicted octanol–water partition coefficient (Wildman–Crippen LogP) is 2.63. The highest BCUT2D eigenvalue weighted by Crippen LogP contribution is 2.19. The van der Waals surface area contributed by atoms with Gasteiger partial charge < -0.3 is 11.1 Å². The van der Waals surface area contributed by atoms with Crippen molar-refractivity contribution in [1.29, 1.82) is 0 Å². The number of carbonyl (C=O) groups is 1. The minimum atomic E-state index is -0.617. The van der Waals surface area contributed by atoms with Crippen molar-refractivity contribution in [2.45, 2.75) is 19.0 Å². The molecule has 1 amide bonds. The number of nitrogens with two attached hydrogens (primary N) is 1. The Morgan fingerprint density at radius 1 is 1.22 bits per heavy atom. The van der Waals surface area contributed by atoms with Crippen molar-refractivity contribution in [3.8, 4) is 0 Å². The van der Waals surface area contributed by atoms with Crippen molar-refractivity contribution in [3.05, 3.63) is 58.3 Å². The van der Waals surface area contributed by atoms with Crippen molar-refractivity contribution < 1.29 is 4.79 Å². The van der Waals surface area contributed by atoms with Gasteiger partial charge in [0.25, 0.3) is 0 Å². The van der Waals surface area contributed by atoms with E-state index in [1.54, 1.807) is 11.3 Å². The van der Waals surface area contributed by atoms with Crippen molar-refractivity contribution in [2.24, 2.45) is 5.73 Å². The standard InChI is InChI=1S/C14H16N2OS/c1-10(12-8-5-9-18-12)16-14(17)13(15)11-6-3-2-4-7-11/h2-10,13H,15H2,1H3,(H,16,17)/t10-,13?/m1/s1. The van der Waals surface area contributed by atoms with Gasteiger partial charge >= 0.3 is 0 Å². The van der Waals surface area contributed by atoms with E-state index >= 15 is 0 Å². The molecule has 0 aliphatic rings. The van der Waals surface area contributed by atoms with Gasteiger partial charge in [-0.2, -0.15) is 0 Å². The maximum Gasteiger partial charge on any atom is 0.242 e. The molecule has 0 radical (unpaired) electrons. The molecule has 0 aliphatic heterocycles. The Hall–Kier alpha value is -1.65. The SMILES string of the molecule is C[C@@H](NC(=O)C(N)c1ccccc1)c1cccs1. The molecule has 94 valence electrons. The first-order valence-electron chi connectivity index (χ1n) is 5.83. The van der Waals surface area contributed by atoms with Crippen LogP contribution in [0.3, 0.4) is 0 Å². The molecule has 1 aromatic heterocycles. The summed E-state index contributed by atoms with van der Waals surface area (Å²) in [4.78, 5) is 13.1. The van der Waals surface area contributed by atoms with Gasteiger partial charge in [-0.25, -0.2) is 0 Å². The molecule has 0 fully saturated rings. The van der Waals surface area contributed by atoms with Crippen molar-refractivity contribution in [3.63, 3.8) is 0 Å². The van der Waals surface area contributed by atoms with Gasteiger partial charge in [0.15, 0.2) is 0 Å². The number of amides is 1. The highest BCUT2D eigenvalue weighted by Gasteiger charge is 2.18. The predicted molar refractivity (Wildman–Crippen MR) is 74.2 cm³/mol. The average Bonchev–Trinajstić information content (AvgIpc) is 2.92. The largest absolute Gasteiger partial charge is 0.347 e. The lowest BCUT2D eigenvalue weighted by Gasteiger charge is -2.16. The first kappa shape index (κ1) is 12.8. The van der Waals surface area contributed by atoms with Gasteiger partial charge in [-0.1, -0.05) is 36.4 Å². The molecule has 3 N–H and O–H groups in total. The number of nitrogens with one attached hydrogen (secondary N) is 1. The summed E-state index contributed by atoms with van der Waals surface area (Å²) in [7, 11) is 0. The van der Waals surface area contributed by atoms with E-state index in [-0.39, 0.29) is 11.9 Å². The van der Waals surface area contributed by atoms with Gasteiger partial charge in [-0.15, -0.1) is 11.3 Å². The van der Waals surface area contributed by atoms with E-state index in [2.05, 4.69) is 5.32 Å². The second-order valence-corrected chi connectivity index (χ2v) is 5.11. The lowest BCUT2D eigenvalue weighted by atomic mass is 10.1. The van der Waals surface area contributed by atoms with Gasteiger partial charge in [0.05, 0.1) is 6.04 Å². The Kier molecular flexibility index (Phi) is 4.12. The second-order valence-electron chi connectivity index (χ2n) is 4.13. The van der Waals surface area contributed by atoms with Crippen LogP contribution in [0.25, 0.3) is 0 Å². The molecule has 1 heterocycles. The molecule has 1 aromatic carbocycles.